The second kappa shape index (κ2) is 7.01. The molecular weight excluding hydrogens is 264 g/mol. The molecular formula is C15H22N6. The molecule has 0 bridgehead atoms. The van der Waals surface area contributed by atoms with Gasteiger partial charge in [-0.05, 0) is 30.4 Å². The maximum Gasteiger partial charge on any atom is 0.162 e. The zero-order chi connectivity index (χ0) is 15.2. The van der Waals surface area contributed by atoms with E-state index >= 15 is 0 Å². The maximum absolute atomic E-state index is 8.32. The summed E-state index contributed by atoms with van der Waals surface area (Å²) in [6.07, 6.45) is 2.67. The van der Waals surface area contributed by atoms with Gasteiger partial charge in [0.05, 0.1) is 6.54 Å². The summed E-state index contributed by atoms with van der Waals surface area (Å²) in [5.74, 6) is 6.08. The van der Waals surface area contributed by atoms with Gasteiger partial charge in [-0.1, -0.05) is 30.3 Å². The molecule has 0 saturated heterocycles. The molecule has 1 aliphatic rings. The Labute approximate surface area is 125 Å². The van der Waals surface area contributed by atoms with Crippen molar-refractivity contribution in [2.24, 2.45) is 16.6 Å². The zero-order valence-electron chi connectivity index (χ0n) is 12.3. The highest BCUT2D eigenvalue weighted by Gasteiger charge is 2.20. The van der Waals surface area contributed by atoms with E-state index in [0.717, 1.165) is 36.1 Å². The number of nitrogens with two attached hydrogens (primary N) is 2. The Morgan fingerprint density at radius 2 is 2.05 bits per heavy atom. The number of nitrogens with one attached hydrogen (secondary N) is 2. The van der Waals surface area contributed by atoms with Gasteiger partial charge in [-0.15, -0.1) is 0 Å². The first-order valence-corrected chi connectivity index (χ1v) is 6.98. The van der Waals surface area contributed by atoms with Crippen molar-refractivity contribution in [1.29, 1.82) is 5.41 Å². The zero-order valence-corrected chi connectivity index (χ0v) is 12.3. The lowest BCUT2D eigenvalue weighted by Gasteiger charge is -2.17. The molecule has 21 heavy (non-hydrogen) atoms. The van der Waals surface area contributed by atoms with Crippen LogP contribution in [-0.4, -0.2) is 23.7 Å². The fourth-order valence-electron chi connectivity index (χ4n) is 2.29. The number of hydrogen-bond donors (Lipinski definition) is 4. The number of aliphatic imine (C=N–C) groups is 1. The highest BCUT2D eigenvalue weighted by Crippen LogP contribution is 2.23. The van der Waals surface area contributed by atoms with Crippen LogP contribution in [0.15, 0.2) is 46.6 Å². The second-order valence-electron chi connectivity index (χ2n) is 5.11. The van der Waals surface area contributed by atoms with E-state index in [2.05, 4.69) is 10.4 Å². The molecule has 0 unspecified atom stereocenters. The van der Waals surface area contributed by atoms with Crippen LogP contribution < -0.4 is 17.0 Å². The highest BCUT2D eigenvalue weighted by molar-refractivity contribution is 6.46. The molecule has 0 aromatic heterocycles. The Hall–Kier alpha value is -2.18. The summed E-state index contributed by atoms with van der Waals surface area (Å²) in [6, 6.07) is 9.90. The van der Waals surface area contributed by atoms with Crippen LogP contribution >= 0.6 is 0 Å². The van der Waals surface area contributed by atoms with Gasteiger partial charge < -0.3 is 5.73 Å². The van der Waals surface area contributed by atoms with Crippen molar-refractivity contribution < 1.29 is 0 Å². The van der Waals surface area contributed by atoms with E-state index in [-0.39, 0.29) is 0 Å². The topological polar surface area (TPSA) is 104 Å². The first-order chi connectivity index (χ1) is 10.1. The van der Waals surface area contributed by atoms with Crippen molar-refractivity contribution in [3.8, 4) is 0 Å². The highest BCUT2D eigenvalue weighted by atomic mass is 15.7. The van der Waals surface area contributed by atoms with E-state index in [1.165, 1.54) is 5.12 Å². The van der Waals surface area contributed by atoms with E-state index in [0.29, 0.717) is 18.1 Å². The number of nitrogens with zero attached hydrogens (tertiary/aromatic N) is 2. The van der Waals surface area contributed by atoms with Crippen molar-refractivity contribution >= 4 is 11.5 Å². The van der Waals surface area contributed by atoms with Gasteiger partial charge in [0.2, 0.25) is 0 Å². The molecule has 1 aromatic rings. The number of hydrazine groups is 2. The van der Waals surface area contributed by atoms with Gasteiger partial charge in [-0.3, -0.25) is 21.7 Å². The van der Waals surface area contributed by atoms with Crippen molar-refractivity contribution in [3.05, 3.63) is 47.2 Å². The Morgan fingerprint density at radius 1 is 1.33 bits per heavy atom. The molecule has 0 atom stereocenters. The third-order valence-electron chi connectivity index (χ3n) is 3.34. The minimum Gasteiger partial charge on any atom is -0.402 e. The predicted octanol–water partition coefficient (Wildman–Crippen LogP) is 1.31. The standard InChI is InChI=1S/C15H22N6/c1-21(18)20-15(14(17)12-8-5-9-13(12)16)19-10-11-6-3-2-4-7-11/h2-4,6-7,17H,5,8-10,16,18H2,1H3,(H,19,20). The summed E-state index contributed by atoms with van der Waals surface area (Å²) in [5, 5.41) is 9.62. The molecule has 0 amide bonds. The number of benzene rings is 1. The average molecular weight is 286 g/mol. The molecule has 1 aliphatic carbocycles. The lowest BCUT2D eigenvalue weighted by Crippen LogP contribution is -2.47. The Morgan fingerprint density at radius 3 is 2.62 bits per heavy atom. The molecule has 0 radical (unpaired) electrons. The van der Waals surface area contributed by atoms with Crippen LogP contribution in [0.1, 0.15) is 24.8 Å². The third kappa shape index (κ3) is 4.14. The fraction of sp³-hybridized carbons (Fsp3) is 0.333. The second-order valence-corrected chi connectivity index (χ2v) is 5.11. The van der Waals surface area contributed by atoms with E-state index in [4.69, 9.17) is 17.0 Å². The lowest BCUT2D eigenvalue weighted by atomic mass is 10.1. The van der Waals surface area contributed by atoms with Crippen molar-refractivity contribution in [2.45, 2.75) is 25.8 Å². The molecule has 112 valence electrons. The minimum atomic E-state index is 0.332. The predicted molar refractivity (Wildman–Crippen MR) is 85.5 cm³/mol. The fourth-order valence-corrected chi connectivity index (χ4v) is 2.29. The van der Waals surface area contributed by atoms with Crippen molar-refractivity contribution in [2.75, 3.05) is 7.05 Å². The molecule has 0 spiro atoms. The molecule has 0 heterocycles. The third-order valence-corrected chi connectivity index (χ3v) is 3.34. The average Bonchev–Trinajstić information content (AvgIpc) is 2.89. The van der Waals surface area contributed by atoms with Gasteiger partial charge in [0.15, 0.2) is 5.84 Å². The van der Waals surface area contributed by atoms with E-state index in [1.54, 1.807) is 7.05 Å². The SMILES string of the molecule is CN(N)NC(=NCc1ccccc1)C(=N)C1=C(N)CCC1. The van der Waals surface area contributed by atoms with Gasteiger partial charge in [-0.25, -0.2) is 0 Å². The minimum absolute atomic E-state index is 0.332. The number of rotatable bonds is 5. The molecule has 0 fully saturated rings. The Bertz CT molecular complexity index is 559. The van der Waals surface area contributed by atoms with Crippen LogP contribution in [0, 0.1) is 5.41 Å². The summed E-state index contributed by atoms with van der Waals surface area (Å²) in [6.45, 7) is 0.493. The van der Waals surface area contributed by atoms with Crippen molar-refractivity contribution in [3.63, 3.8) is 0 Å². The molecule has 0 aliphatic heterocycles. The van der Waals surface area contributed by atoms with E-state index in [1.807, 2.05) is 30.3 Å². The van der Waals surface area contributed by atoms with Gasteiger partial charge in [-0.2, -0.15) is 5.12 Å². The molecule has 0 saturated carbocycles. The van der Waals surface area contributed by atoms with Crippen LogP contribution in [0.4, 0.5) is 0 Å². The normalized spacial score (nSPS) is 15.7. The summed E-state index contributed by atoms with van der Waals surface area (Å²) in [5.41, 5.74) is 11.9. The van der Waals surface area contributed by atoms with Crippen LogP contribution in [0.3, 0.4) is 0 Å². The lowest BCUT2D eigenvalue weighted by molar-refractivity contribution is 0.306. The van der Waals surface area contributed by atoms with Gasteiger partial charge in [0, 0.05) is 12.7 Å². The summed E-state index contributed by atoms with van der Waals surface area (Å²) >= 11 is 0. The molecule has 6 N–H and O–H groups in total. The number of amidine groups is 1. The van der Waals surface area contributed by atoms with Gasteiger partial charge in [0.1, 0.15) is 5.71 Å². The Kier molecular flexibility index (Phi) is 5.08. The van der Waals surface area contributed by atoms with Crippen LogP contribution in [0.2, 0.25) is 0 Å². The Balaban J connectivity index is 2.18. The summed E-state index contributed by atoms with van der Waals surface area (Å²) < 4.78 is 0. The van der Waals surface area contributed by atoms with Crippen LogP contribution in [0.25, 0.3) is 0 Å². The molecule has 6 heteroatoms. The smallest absolute Gasteiger partial charge is 0.162 e. The quantitative estimate of drug-likeness (QED) is 0.283. The number of hydrogen-bond acceptors (Lipinski definition) is 5. The van der Waals surface area contributed by atoms with E-state index < -0.39 is 0 Å². The van der Waals surface area contributed by atoms with Crippen molar-refractivity contribution in [1.82, 2.24) is 10.5 Å². The first kappa shape index (κ1) is 15.2. The van der Waals surface area contributed by atoms with Gasteiger partial charge in [0.25, 0.3) is 0 Å². The van der Waals surface area contributed by atoms with Gasteiger partial charge >= 0.3 is 0 Å². The first-order valence-electron chi connectivity index (χ1n) is 6.98. The number of allylic oxidation sites excluding steroid dienone is 1. The molecule has 1 aromatic carbocycles. The monoisotopic (exact) mass is 286 g/mol. The van der Waals surface area contributed by atoms with E-state index in [9.17, 15) is 0 Å². The maximum atomic E-state index is 8.32. The molecule has 6 nitrogen and oxygen atoms in total. The van der Waals surface area contributed by atoms with Crippen LogP contribution in [-0.2, 0) is 6.54 Å². The molecule has 2 rings (SSSR count). The van der Waals surface area contributed by atoms with Crippen LogP contribution in [0.5, 0.6) is 0 Å². The summed E-state index contributed by atoms with van der Waals surface area (Å²) in [7, 11) is 1.66. The summed E-state index contributed by atoms with van der Waals surface area (Å²) in [4.78, 5) is 4.48. The largest absolute Gasteiger partial charge is 0.402 e.